The van der Waals surface area contributed by atoms with E-state index in [1.807, 2.05) is 18.2 Å². The average molecular weight is 408 g/mol. The summed E-state index contributed by atoms with van der Waals surface area (Å²) < 4.78 is 16.7. The highest BCUT2D eigenvalue weighted by Crippen LogP contribution is 2.41. The van der Waals surface area contributed by atoms with Gasteiger partial charge in [0.05, 0.1) is 11.1 Å². The molecule has 2 aromatic rings. The summed E-state index contributed by atoms with van der Waals surface area (Å²) >= 11 is 0. The number of benzene rings is 2. The number of fused-ring (bicyclic) bond motifs is 2. The Labute approximate surface area is 175 Å². The summed E-state index contributed by atoms with van der Waals surface area (Å²) in [5, 5.41) is 10.5. The highest BCUT2D eigenvalue weighted by molar-refractivity contribution is 6.15. The molecule has 1 N–H and O–H groups in total. The number of likely N-dealkylation sites (N-methyl/N-ethyl adjacent to an activating group) is 1. The van der Waals surface area contributed by atoms with Crippen LogP contribution in [0, 0.1) is 0 Å². The van der Waals surface area contributed by atoms with E-state index in [1.165, 1.54) is 0 Å². The molecule has 0 radical (unpaired) electrons. The van der Waals surface area contributed by atoms with Crippen molar-refractivity contribution >= 4 is 11.9 Å². The smallest absolute Gasteiger partial charge is 0.231 e. The maximum atomic E-state index is 12.9. The number of rotatable bonds is 4. The molecule has 30 heavy (non-hydrogen) atoms. The molecule has 0 aromatic heterocycles. The van der Waals surface area contributed by atoms with Crippen LogP contribution in [0.15, 0.2) is 36.1 Å². The number of aromatic hydroxyl groups is 1. The van der Waals surface area contributed by atoms with Gasteiger partial charge in [-0.05, 0) is 42.4 Å². The Balaban J connectivity index is 1.40. The van der Waals surface area contributed by atoms with Crippen molar-refractivity contribution in [3.63, 3.8) is 0 Å². The first-order valence-electron chi connectivity index (χ1n) is 10.3. The quantitative estimate of drug-likeness (QED) is 0.780. The summed E-state index contributed by atoms with van der Waals surface area (Å²) in [7, 11) is 0. The summed E-state index contributed by atoms with van der Waals surface area (Å²) in [4.78, 5) is 17.6. The lowest BCUT2D eigenvalue weighted by molar-refractivity contribution is 0.101. The lowest BCUT2D eigenvalue weighted by Gasteiger charge is -2.34. The van der Waals surface area contributed by atoms with Gasteiger partial charge in [0.25, 0.3) is 0 Å². The maximum Gasteiger partial charge on any atom is 0.231 e. The van der Waals surface area contributed by atoms with Crippen LogP contribution in [-0.2, 0) is 6.54 Å². The number of piperazine rings is 1. The van der Waals surface area contributed by atoms with E-state index in [9.17, 15) is 9.90 Å². The standard InChI is InChI=1S/C23H24N2O5/c1-2-24-7-9-25(10-8-24)13-17-18(26)5-4-16-22(27)21(30-23(16)17)12-15-3-6-19-20(11-15)29-14-28-19/h3-6,11-12,26H,2,7-10,13-14H2,1H3/b21-12-. The van der Waals surface area contributed by atoms with Crippen LogP contribution in [0.4, 0.5) is 0 Å². The largest absolute Gasteiger partial charge is 0.507 e. The molecule has 3 aliphatic heterocycles. The third-order valence-electron chi connectivity index (χ3n) is 5.90. The van der Waals surface area contributed by atoms with Gasteiger partial charge in [-0.25, -0.2) is 0 Å². The van der Waals surface area contributed by atoms with E-state index in [1.54, 1.807) is 18.2 Å². The number of phenols is 1. The van der Waals surface area contributed by atoms with Gasteiger partial charge in [-0.2, -0.15) is 0 Å². The number of Topliss-reactive ketones (excluding diaryl/α,β-unsaturated/α-hetero) is 1. The van der Waals surface area contributed by atoms with Crippen LogP contribution in [-0.4, -0.2) is 60.2 Å². The van der Waals surface area contributed by atoms with Crippen molar-refractivity contribution in [3.05, 3.63) is 52.8 Å². The molecule has 3 aliphatic rings. The fourth-order valence-electron chi connectivity index (χ4n) is 4.09. The number of nitrogens with zero attached hydrogens (tertiary/aromatic N) is 2. The van der Waals surface area contributed by atoms with Gasteiger partial charge in [0, 0.05) is 32.7 Å². The zero-order chi connectivity index (χ0) is 20.7. The van der Waals surface area contributed by atoms with Crippen LogP contribution < -0.4 is 14.2 Å². The second-order valence-corrected chi connectivity index (χ2v) is 7.70. The predicted molar refractivity (Wildman–Crippen MR) is 111 cm³/mol. The van der Waals surface area contributed by atoms with E-state index in [0.717, 1.165) is 38.3 Å². The Bertz CT molecular complexity index is 1020. The van der Waals surface area contributed by atoms with Crippen molar-refractivity contribution in [2.24, 2.45) is 0 Å². The van der Waals surface area contributed by atoms with Crippen molar-refractivity contribution < 1.29 is 24.1 Å². The summed E-state index contributed by atoms with van der Waals surface area (Å²) in [6.07, 6.45) is 1.70. The van der Waals surface area contributed by atoms with Gasteiger partial charge < -0.3 is 24.2 Å². The number of carbonyl (C=O) groups is 1. The van der Waals surface area contributed by atoms with Crippen LogP contribution in [0.1, 0.15) is 28.4 Å². The molecule has 7 heteroatoms. The van der Waals surface area contributed by atoms with E-state index in [0.29, 0.717) is 34.9 Å². The van der Waals surface area contributed by atoms with Gasteiger partial charge in [0.2, 0.25) is 12.6 Å². The number of hydrogen-bond donors (Lipinski definition) is 1. The second kappa shape index (κ2) is 7.66. The van der Waals surface area contributed by atoms with E-state index in [4.69, 9.17) is 14.2 Å². The minimum Gasteiger partial charge on any atom is -0.507 e. The summed E-state index contributed by atoms with van der Waals surface area (Å²) in [5.74, 6) is 2.02. The zero-order valence-corrected chi connectivity index (χ0v) is 16.9. The number of ketones is 1. The lowest BCUT2D eigenvalue weighted by atomic mass is 10.0. The van der Waals surface area contributed by atoms with Crippen LogP contribution in [0.2, 0.25) is 0 Å². The minimum atomic E-state index is -0.181. The SMILES string of the molecule is CCN1CCN(Cc2c(O)ccc3c2O/C(=C\c2ccc4c(c2)OCO4)C3=O)CC1. The third-order valence-corrected chi connectivity index (χ3v) is 5.90. The van der Waals surface area contributed by atoms with E-state index in [-0.39, 0.29) is 24.1 Å². The van der Waals surface area contributed by atoms with Crippen LogP contribution >= 0.6 is 0 Å². The summed E-state index contributed by atoms with van der Waals surface area (Å²) in [6.45, 7) is 7.81. The number of phenolic OH excluding ortho intramolecular Hbond substituents is 1. The highest BCUT2D eigenvalue weighted by Gasteiger charge is 2.32. The Morgan fingerprint density at radius 1 is 1.03 bits per heavy atom. The van der Waals surface area contributed by atoms with E-state index < -0.39 is 0 Å². The highest BCUT2D eigenvalue weighted by atomic mass is 16.7. The van der Waals surface area contributed by atoms with Crippen molar-refractivity contribution in [1.29, 1.82) is 0 Å². The molecule has 3 heterocycles. The van der Waals surface area contributed by atoms with Crippen LogP contribution in [0.5, 0.6) is 23.0 Å². The van der Waals surface area contributed by atoms with Crippen molar-refractivity contribution in [2.75, 3.05) is 39.5 Å². The molecular weight excluding hydrogens is 384 g/mol. The Morgan fingerprint density at radius 3 is 2.60 bits per heavy atom. The maximum absolute atomic E-state index is 12.9. The van der Waals surface area contributed by atoms with Crippen molar-refractivity contribution in [3.8, 4) is 23.0 Å². The topological polar surface area (TPSA) is 71.5 Å². The summed E-state index contributed by atoms with van der Waals surface area (Å²) in [5.41, 5.74) is 1.94. The molecule has 1 fully saturated rings. The molecule has 0 saturated carbocycles. The normalized spacial score (nSPS) is 19.9. The Hall–Kier alpha value is -3.03. The van der Waals surface area contributed by atoms with E-state index in [2.05, 4.69) is 16.7 Å². The second-order valence-electron chi connectivity index (χ2n) is 7.70. The molecule has 0 atom stereocenters. The molecule has 0 spiro atoms. The first kappa shape index (κ1) is 19.0. The van der Waals surface area contributed by atoms with Crippen LogP contribution in [0.25, 0.3) is 6.08 Å². The zero-order valence-electron chi connectivity index (χ0n) is 16.9. The minimum absolute atomic E-state index is 0.156. The molecule has 156 valence electrons. The third kappa shape index (κ3) is 3.40. The molecule has 0 aliphatic carbocycles. The molecule has 7 nitrogen and oxygen atoms in total. The van der Waals surface area contributed by atoms with Crippen LogP contribution in [0.3, 0.4) is 0 Å². The lowest BCUT2D eigenvalue weighted by Crippen LogP contribution is -2.45. The predicted octanol–water partition coefficient (Wildman–Crippen LogP) is 2.87. The molecule has 0 bridgehead atoms. The van der Waals surface area contributed by atoms with Gasteiger partial charge in [-0.15, -0.1) is 0 Å². The molecule has 0 unspecified atom stereocenters. The fraction of sp³-hybridized carbons (Fsp3) is 0.348. The molecule has 5 rings (SSSR count). The molecular formula is C23H24N2O5. The van der Waals surface area contributed by atoms with Gasteiger partial charge in [0.1, 0.15) is 11.5 Å². The molecule has 2 aromatic carbocycles. The molecule has 0 amide bonds. The number of carbonyl (C=O) groups excluding carboxylic acids is 1. The first-order chi connectivity index (χ1) is 14.6. The molecule has 1 saturated heterocycles. The number of ether oxygens (including phenoxy) is 3. The average Bonchev–Trinajstić information content (AvgIpc) is 3.35. The fourth-order valence-corrected chi connectivity index (χ4v) is 4.09. The monoisotopic (exact) mass is 408 g/mol. The number of hydrogen-bond acceptors (Lipinski definition) is 7. The van der Waals surface area contributed by atoms with E-state index >= 15 is 0 Å². The van der Waals surface area contributed by atoms with Crippen molar-refractivity contribution in [1.82, 2.24) is 9.80 Å². The van der Waals surface area contributed by atoms with Gasteiger partial charge in [0.15, 0.2) is 17.3 Å². The Morgan fingerprint density at radius 2 is 1.80 bits per heavy atom. The first-order valence-corrected chi connectivity index (χ1v) is 10.3. The van der Waals surface area contributed by atoms with Gasteiger partial charge >= 0.3 is 0 Å². The summed E-state index contributed by atoms with van der Waals surface area (Å²) in [6, 6.07) is 8.70. The van der Waals surface area contributed by atoms with Crippen molar-refractivity contribution in [2.45, 2.75) is 13.5 Å². The van der Waals surface area contributed by atoms with Gasteiger partial charge in [-0.3, -0.25) is 9.69 Å². The number of allylic oxidation sites excluding steroid dienone is 1. The van der Waals surface area contributed by atoms with Gasteiger partial charge in [-0.1, -0.05) is 13.0 Å². The Kier molecular flexibility index (Phi) is 4.84.